The normalized spacial score (nSPS) is 10.0. The summed E-state index contributed by atoms with van der Waals surface area (Å²) in [7, 11) is 0. The second-order valence-electron chi connectivity index (χ2n) is 3.53. The smallest absolute Gasteiger partial charge is 0.325 e. The lowest BCUT2D eigenvalue weighted by atomic mass is 10.3. The van der Waals surface area contributed by atoms with Crippen LogP contribution in [0.1, 0.15) is 5.56 Å². The Morgan fingerprint density at radius 3 is 3.00 bits per heavy atom. The van der Waals surface area contributed by atoms with Crippen LogP contribution in [0.3, 0.4) is 0 Å². The molecule has 2 heterocycles. The van der Waals surface area contributed by atoms with Gasteiger partial charge in [-0.2, -0.15) is 5.26 Å². The molecule has 0 unspecified atom stereocenters. The number of hydrogen-bond donors (Lipinski definition) is 1. The first-order valence-electron chi connectivity index (χ1n) is 5.21. The van der Waals surface area contributed by atoms with Gasteiger partial charge in [-0.15, -0.1) is 5.10 Å². The fraction of sp³-hybridized carbons (Fsp3) is 0.111. The van der Waals surface area contributed by atoms with E-state index in [0.29, 0.717) is 0 Å². The van der Waals surface area contributed by atoms with Gasteiger partial charge in [0.15, 0.2) is 0 Å². The van der Waals surface area contributed by atoms with E-state index in [1.807, 2.05) is 0 Å². The van der Waals surface area contributed by atoms with Crippen molar-refractivity contribution < 1.29 is 14.8 Å². The van der Waals surface area contributed by atoms with E-state index in [4.69, 9.17) is 10.4 Å². The molecule has 12 heteroatoms. The molecule has 1 N–H and O–H groups in total. The molecule has 106 valence electrons. The molecule has 0 radical (unpaired) electrons. The van der Waals surface area contributed by atoms with Gasteiger partial charge in [-0.3, -0.25) is 14.9 Å². The van der Waals surface area contributed by atoms with Crippen molar-refractivity contribution in [2.24, 2.45) is 0 Å². The standard InChI is InChI=1S/C9H5N7O4S/c10-2-5-1-6(16(19)20)3-11-8(5)21-9-12-13-14-15(9)4-7(17)18/h1,3H,4H2,(H,17,18). The average Bonchev–Trinajstić information content (AvgIpc) is 2.85. The van der Waals surface area contributed by atoms with Crippen LogP contribution >= 0.6 is 11.8 Å². The number of tetrazole rings is 1. The van der Waals surface area contributed by atoms with Crippen LogP contribution < -0.4 is 0 Å². The molecule has 0 aliphatic carbocycles. The summed E-state index contributed by atoms with van der Waals surface area (Å²) in [6, 6.07) is 2.85. The zero-order valence-corrected chi connectivity index (χ0v) is 10.9. The van der Waals surface area contributed by atoms with Gasteiger partial charge in [0.1, 0.15) is 23.8 Å². The van der Waals surface area contributed by atoms with E-state index in [0.717, 1.165) is 28.7 Å². The predicted molar refractivity (Wildman–Crippen MR) is 65.2 cm³/mol. The van der Waals surface area contributed by atoms with E-state index in [1.165, 1.54) is 0 Å². The molecule has 2 aromatic rings. The maximum atomic E-state index is 10.6. The van der Waals surface area contributed by atoms with E-state index in [2.05, 4.69) is 20.5 Å². The highest BCUT2D eigenvalue weighted by atomic mass is 32.2. The summed E-state index contributed by atoms with van der Waals surface area (Å²) in [5, 5.41) is 39.0. The van der Waals surface area contributed by atoms with Gasteiger partial charge in [-0.25, -0.2) is 9.67 Å². The van der Waals surface area contributed by atoms with Gasteiger partial charge in [0, 0.05) is 6.07 Å². The van der Waals surface area contributed by atoms with Crippen molar-refractivity contribution in [2.75, 3.05) is 0 Å². The zero-order chi connectivity index (χ0) is 15.4. The second kappa shape index (κ2) is 5.92. The summed E-state index contributed by atoms with van der Waals surface area (Å²) < 4.78 is 1.01. The second-order valence-corrected chi connectivity index (χ2v) is 4.49. The molecule has 0 bridgehead atoms. The predicted octanol–water partition coefficient (Wildman–Crippen LogP) is 0.0838. The van der Waals surface area contributed by atoms with E-state index in [-0.39, 0.29) is 21.4 Å². The average molecular weight is 307 g/mol. The third-order valence-electron chi connectivity index (χ3n) is 2.14. The van der Waals surface area contributed by atoms with Crippen molar-refractivity contribution in [3.63, 3.8) is 0 Å². The Kier molecular flexibility index (Phi) is 4.05. The lowest BCUT2D eigenvalue weighted by Crippen LogP contribution is -2.11. The number of carbonyl (C=O) groups is 1. The SMILES string of the molecule is N#Cc1cc([N+](=O)[O-])cnc1Sc1nnnn1CC(=O)O. The lowest BCUT2D eigenvalue weighted by molar-refractivity contribution is -0.385. The minimum absolute atomic E-state index is 0.0286. The quantitative estimate of drug-likeness (QED) is 0.591. The number of pyridine rings is 1. The molecular weight excluding hydrogens is 302 g/mol. The Morgan fingerprint density at radius 2 is 2.38 bits per heavy atom. The minimum atomic E-state index is -1.14. The molecule has 0 saturated heterocycles. The molecule has 0 spiro atoms. The molecule has 0 aliphatic rings. The summed E-state index contributed by atoms with van der Waals surface area (Å²) in [6.45, 7) is -0.454. The molecular formula is C9H5N7O4S. The van der Waals surface area contributed by atoms with Crippen molar-refractivity contribution in [3.8, 4) is 6.07 Å². The third-order valence-corrected chi connectivity index (χ3v) is 3.13. The number of nitriles is 1. The van der Waals surface area contributed by atoms with Crippen molar-refractivity contribution in [2.45, 2.75) is 16.7 Å². The van der Waals surface area contributed by atoms with Gasteiger partial charge in [0.05, 0.1) is 10.5 Å². The van der Waals surface area contributed by atoms with Crippen molar-refractivity contribution in [3.05, 3.63) is 27.9 Å². The molecule has 0 atom stereocenters. The van der Waals surface area contributed by atoms with Crippen LogP contribution in [0.5, 0.6) is 0 Å². The number of hydrogen-bond acceptors (Lipinski definition) is 9. The third kappa shape index (κ3) is 3.28. The molecule has 21 heavy (non-hydrogen) atoms. The molecule has 0 aromatic carbocycles. The molecule has 11 nitrogen and oxygen atoms in total. The van der Waals surface area contributed by atoms with Gasteiger partial charge in [0.25, 0.3) is 5.69 Å². The topological polar surface area (TPSA) is 161 Å². The van der Waals surface area contributed by atoms with Crippen molar-refractivity contribution >= 4 is 23.4 Å². The summed E-state index contributed by atoms with van der Waals surface area (Å²) in [6.07, 6.45) is 0.995. The van der Waals surface area contributed by atoms with Crippen LogP contribution in [0.2, 0.25) is 0 Å². The van der Waals surface area contributed by atoms with Crippen LogP contribution in [-0.2, 0) is 11.3 Å². The van der Waals surface area contributed by atoms with Crippen molar-refractivity contribution in [1.82, 2.24) is 25.2 Å². The molecule has 0 fully saturated rings. The fourth-order valence-corrected chi connectivity index (χ4v) is 2.06. The van der Waals surface area contributed by atoms with Crippen LogP contribution in [0.15, 0.2) is 22.4 Å². The number of nitrogens with zero attached hydrogens (tertiary/aromatic N) is 7. The summed E-state index contributed by atoms with van der Waals surface area (Å²) in [5.41, 5.74) is -0.347. The van der Waals surface area contributed by atoms with Gasteiger partial charge in [-0.05, 0) is 22.2 Å². The lowest BCUT2D eigenvalue weighted by Gasteiger charge is -2.02. The Morgan fingerprint density at radius 1 is 1.62 bits per heavy atom. The first kappa shape index (κ1) is 14.3. The van der Waals surface area contributed by atoms with E-state index in [1.54, 1.807) is 6.07 Å². The van der Waals surface area contributed by atoms with E-state index >= 15 is 0 Å². The Balaban J connectivity index is 2.32. The highest BCUT2D eigenvalue weighted by Gasteiger charge is 2.17. The maximum absolute atomic E-state index is 10.6. The highest BCUT2D eigenvalue weighted by molar-refractivity contribution is 7.99. The number of carboxylic acids is 1. The molecule has 0 aliphatic heterocycles. The molecule has 2 aromatic heterocycles. The fourth-order valence-electron chi connectivity index (χ4n) is 1.29. The summed E-state index contributed by atoms with van der Waals surface area (Å²) >= 11 is 0.842. The Hall–Kier alpha value is -3.07. The van der Waals surface area contributed by atoms with Crippen LogP contribution in [0, 0.1) is 21.4 Å². The number of carboxylic acid groups (broad SMARTS) is 1. The number of aliphatic carboxylic acids is 1. The largest absolute Gasteiger partial charge is 0.480 e. The maximum Gasteiger partial charge on any atom is 0.325 e. The Labute approximate surface area is 120 Å². The zero-order valence-electron chi connectivity index (χ0n) is 10.1. The first-order valence-corrected chi connectivity index (χ1v) is 6.03. The van der Waals surface area contributed by atoms with Crippen LogP contribution in [0.4, 0.5) is 5.69 Å². The van der Waals surface area contributed by atoms with Gasteiger partial charge in [-0.1, -0.05) is 0 Å². The minimum Gasteiger partial charge on any atom is -0.480 e. The highest BCUT2D eigenvalue weighted by Crippen LogP contribution is 2.28. The van der Waals surface area contributed by atoms with Gasteiger partial charge < -0.3 is 5.11 Å². The van der Waals surface area contributed by atoms with Crippen LogP contribution in [-0.4, -0.2) is 41.2 Å². The first-order chi connectivity index (χ1) is 10.0. The van der Waals surface area contributed by atoms with E-state index < -0.39 is 17.4 Å². The summed E-state index contributed by atoms with van der Waals surface area (Å²) in [5.74, 6) is -1.14. The van der Waals surface area contributed by atoms with Gasteiger partial charge >= 0.3 is 5.97 Å². The van der Waals surface area contributed by atoms with Crippen LogP contribution in [0.25, 0.3) is 0 Å². The number of aromatic nitrogens is 5. The molecule has 0 amide bonds. The van der Waals surface area contributed by atoms with Crippen molar-refractivity contribution in [1.29, 1.82) is 5.26 Å². The number of rotatable bonds is 5. The van der Waals surface area contributed by atoms with E-state index in [9.17, 15) is 14.9 Å². The monoisotopic (exact) mass is 307 g/mol. The molecule has 0 saturated carbocycles. The number of nitro groups is 1. The van der Waals surface area contributed by atoms with Gasteiger partial charge in [0.2, 0.25) is 5.16 Å². The summed E-state index contributed by atoms with van der Waals surface area (Å²) in [4.78, 5) is 24.4. The molecule has 2 rings (SSSR count). The Bertz CT molecular complexity index is 753.